The maximum absolute atomic E-state index is 12.7. The number of benzene rings is 2. The van der Waals surface area contributed by atoms with Gasteiger partial charge >= 0.3 is 18.0 Å². The fourth-order valence-corrected chi connectivity index (χ4v) is 3.63. The van der Waals surface area contributed by atoms with Gasteiger partial charge in [0.1, 0.15) is 23.8 Å². The van der Waals surface area contributed by atoms with Crippen molar-refractivity contribution < 1.29 is 33.3 Å². The minimum Gasteiger partial charge on any atom is -0.490 e. The summed E-state index contributed by atoms with van der Waals surface area (Å²) >= 11 is 0. The van der Waals surface area contributed by atoms with E-state index in [2.05, 4.69) is 0 Å². The van der Waals surface area contributed by atoms with Gasteiger partial charge in [-0.1, -0.05) is 12.1 Å². The smallest absolute Gasteiger partial charge is 0.414 e. The van der Waals surface area contributed by atoms with Gasteiger partial charge in [0.2, 0.25) is 5.54 Å². The topological polar surface area (TPSA) is 167 Å². The quantitative estimate of drug-likeness (QED) is 0.150. The molecule has 0 bridgehead atoms. The van der Waals surface area contributed by atoms with E-state index >= 15 is 0 Å². The zero-order valence-electron chi connectivity index (χ0n) is 21.3. The molecule has 1 aliphatic rings. The predicted molar refractivity (Wildman–Crippen MR) is 135 cm³/mol. The highest BCUT2D eigenvalue weighted by Gasteiger charge is 2.46. The number of nitrogens with two attached hydrogens (primary N) is 2. The fraction of sp³-hybridized carbons (Fsp3) is 0.385. The van der Waals surface area contributed by atoms with Gasteiger partial charge in [0.05, 0.1) is 13.7 Å². The lowest BCUT2D eigenvalue weighted by molar-refractivity contribution is -0.170. The zero-order valence-corrected chi connectivity index (χ0v) is 21.3. The highest BCUT2D eigenvalue weighted by Crippen LogP contribution is 2.24. The van der Waals surface area contributed by atoms with Crippen molar-refractivity contribution in [2.75, 3.05) is 25.2 Å². The minimum absolute atomic E-state index is 0.0554. The molecule has 2 aromatic rings. The number of nitrogens with one attached hydrogen (secondary N) is 1. The Morgan fingerprint density at radius 2 is 1.70 bits per heavy atom. The Balaban J connectivity index is 1.60. The summed E-state index contributed by atoms with van der Waals surface area (Å²) in [7, 11) is 1.16. The van der Waals surface area contributed by atoms with Gasteiger partial charge in [0, 0.05) is 17.7 Å². The first-order valence-electron chi connectivity index (χ1n) is 11.6. The first-order chi connectivity index (χ1) is 17.3. The van der Waals surface area contributed by atoms with Crippen molar-refractivity contribution in [3.05, 3.63) is 59.7 Å². The molecule has 2 unspecified atom stereocenters. The summed E-state index contributed by atoms with van der Waals surface area (Å²) in [5.41, 5.74) is 10.6. The average molecular weight is 513 g/mol. The lowest BCUT2D eigenvalue weighted by Gasteiger charge is -2.29. The first-order valence-corrected chi connectivity index (χ1v) is 11.6. The molecule has 0 radical (unpaired) electrons. The highest BCUT2D eigenvalue weighted by atomic mass is 16.6. The molecule has 11 heteroatoms. The Kier molecular flexibility index (Phi) is 8.07. The van der Waals surface area contributed by atoms with Crippen molar-refractivity contribution in [3.8, 4) is 5.75 Å². The number of amidine groups is 1. The molecule has 11 nitrogen and oxygen atoms in total. The van der Waals surface area contributed by atoms with Gasteiger partial charge in [-0.2, -0.15) is 0 Å². The number of anilines is 1. The molecule has 2 aromatic carbocycles. The summed E-state index contributed by atoms with van der Waals surface area (Å²) in [4.78, 5) is 38.8. The lowest BCUT2D eigenvalue weighted by Crippen LogP contribution is -2.59. The van der Waals surface area contributed by atoms with Crippen LogP contribution in [0.25, 0.3) is 0 Å². The van der Waals surface area contributed by atoms with Crippen molar-refractivity contribution in [1.29, 1.82) is 5.41 Å². The number of hydrogen-bond acceptors (Lipinski definition) is 9. The second kappa shape index (κ2) is 10.9. The standard InChI is InChI=1S/C26H32N4O7/c1-25(2,3)37-23(32)26(29,22(31)34-4)13-16-5-11-19(12-6-16)35-15-20-14-30(24(33)36-20)18-9-7-17(8-10-18)21(27)28/h5-12,20H,13-15,29H2,1-4H3,(H3,27,28). The molecule has 3 rings (SSSR count). The van der Waals surface area contributed by atoms with Gasteiger partial charge in [-0.3, -0.25) is 10.3 Å². The Labute approximate surface area is 215 Å². The summed E-state index contributed by atoms with van der Waals surface area (Å²) < 4.78 is 21.3. The van der Waals surface area contributed by atoms with Crippen LogP contribution in [0.5, 0.6) is 5.75 Å². The van der Waals surface area contributed by atoms with Crippen molar-refractivity contribution in [2.24, 2.45) is 11.5 Å². The molecule has 0 aliphatic carbocycles. The predicted octanol–water partition coefficient (Wildman–Crippen LogP) is 2.13. The van der Waals surface area contributed by atoms with Gasteiger partial charge in [-0.05, 0) is 62.7 Å². The van der Waals surface area contributed by atoms with E-state index in [1.165, 1.54) is 4.90 Å². The molecule has 0 aromatic heterocycles. The summed E-state index contributed by atoms with van der Waals surface area (Å²) in [6, 6.07) is 13.4. The van der Waals surface area contributed by atoms with Gasteiger partial charge < -0.3 is 30.4 Å². The van der Waals surface area contributed by atoms with Crippen molar-refractivity contribution in [2.45, 2.75) is 44.4 Å². The van der Waals surface area contributed by atoms with Crippen LogP contribution in [-0.4, -0.2) is 61.4 Å². The van der Waals surface area contributed by atoms with Crippen LogP contribution in [0.1, 0.15) is 31.9 Å². The number of nitrogens with zero attached hydrogens (tertiary/aromatic N) is 1. The molecule has 0 spiro atoms. The normalized spacial score (nSPS) is 16.9. The van der Waals surface area contributed by atoms with Crippen LogP contribution in [0.15, 0.2) is 48.5 Å². The Bertz CT molecular complexity index is 1160. The molecule has 198 valence electrons. The van der Waals surface area contributed by atoms with Crippen LogP contribution >= 0.6 is 0 Å². The third kappa shape index (κ3) is 6.76. The first kappa shape index (κ1) is 27.5. The van der Waals surface area contributed by atoms with Gasteiger partial charge in [0.15, 0.2) is 6.10 Å². The van der Waals surface area contributed by atoms with Gasteiger partial charge in [-0.25, -0.2) is 14.4 Å². The molecule has 1 amide bonds. The zero-order chi connectivity index (χ0) is 27.4. The minimum atomic E-state index is -2.01. The van der Waals surface area contributed by atoms with Crippen molar-refractivity contribution in [1.82, 2.24) is 0 Å². The molecule has 0 saturated carbocycles. The van der Waals surface area contributed by atoms with E-state index in [1.807, 2.05) is 0 Å². The molecule has 1 aliphatic heterocycles. The molecule has 5 N–H and O–H groups in total. The number of hydrogen-bond donors (Lipinski definition) is 3. The van der Waals surface area contributed by atoms with E-state index in [0.717, 1.165) is 7.11 Å². The van der Waals surface area contributed by atoms with Crippen LogP contribution in [0.2, 0.25) is 0 Å². The highest BCUT2D eigenvalue weighted by molar-refractivity contribution is 6.05. The molecule has 37 heavy (non-hydrogen) atoms. The van der Waals surface area contributed by atoms with Crippen LogP contribution in [0.4, 0.5) is 10.5 Å². The van der Waals surface area contributed by atoms with E-state index in [4.69, 9.17) is 35.8 Å². The largest absolute Gasteiger partial charge is 0.490 e. The number of esters is 2. The number of ether oxygens (including phenoxy) is 4. The van der Waals surface area contributed by atoms with E-state index in [0.29, 0.717) is 29.1 Å². The van der Waals surface area contributed by atoms with Gasteiger partial charge in [-0.15, -0.1) is 0 Å². The summed E-state index contributed by atoms with van der Waals surface area (Å²) in [5.74, 6) is -1.33. The average Bonchev–Trinajstić information content (AvgIpc) is 3.22. The Morgan fingerprint density at radius 1 is 1.08 bits per heavy atom. The Hall–Kier alpha value is -4.12. The monoisotopic (exact) mass is 512 g/mol. The maximum atomic E-state index is 12.7. The third-order valence-electron chi connectivity index (χ3n) is 5.52. The van der Waals surface area contributed by atoms with Crippen molar-refractivity contribution >= 4 is 29.6 Å². The number of nitrogen functional groups attached to an aromatic ring is 1. The summed E-state index contributed by atoms with van der Waals surface area (Å²) in [6.07, 6.45) is -1.13. The molecular formula is C26H32N4O7. The lowest BCUT2D eigenvalue weighted by atomic mass is 9.91. The number of carbonyl (C=O) groups excluding carboxylic acids is 3. The number of carbonyl (C=O) groups is 3. The number of cyclic esters (lactones) is 1. The van der Waals surface area contributed by atoms with Crippen LogP contribution in [0, 0.1) is 5.41 Å². The summed E-state index contributed by atoms with van der Waals surface area (Å²) in [5, 5.41) is 7.47. The third-order valence-corrected chi connectivity index (χ3v) is 5.52. The maximum Gasteiger partial charge on any atom is 0.414 e. The van der Waals surface area contributed by atoms with Gasteiger partial charge in [0.25, 0.3) is 0 Å². The Morgan fingerprint density at radius 3 is 2.24 bits per heavy atom. The molecule has 1 heterocycles. The second-order valence-corrected chi connectivity index (χ2v) is 9.67. The SMILES string of the molecule is COC(=O)C(N)(Cc1ccc(OCC2CN(c3ccc(C(=N)N)cc3)C(=O)O2)cc1)C(=O)OC(C)(C)C. The van der Waals surface area contributed by atoms with E-state index in [-0.39, 0.29) is 18.9 Å². The molecule has 1 saturated heterocycles. The molecular weight excluding hydrogens is 480 g/mol. The molecule has 1 fully saturated rings. The van der Waals surface area contributed by atoms with Crippen molar-refractivity contribution in [3.63, 3.8) is 0 Å². The number of methoxy groups -OCH3 is 1. The number of amides is 1. The van der Waals surface area contributed by atoms with Crippen LogP contribution < -0.4 is 21.1 Å². The van der Waals surface area contributed by atoms with E-state index in [9.17, 15) is 14.4 Å². The summed E-state index contributed by atoms with van der Waals surface area (Å²) in [6.45, 7) is 5.45. The van der Waals surface area contributed by atoms with Crippen LogP contribution in [0.3, 0.4) is 0 Å². The van der Waals surface area contributed by atoms with Crippen LogP contribution in [-0.2, 0) is 30.2 Å². The van der Waals surface area contributed by atoms with E-state index < -0.39 is 35.3 Å². The fourth-order valence-electron chi connectivity index (χ4n) is 3.63. The number of rotatable bonds is 9. The van der Waals surface area contributed by atoms with E-state index in [1.54, 1.807) is 69.3 Å². The second-order valence-electron chi connectivity index (χ2n) is 9.67. The molecule has 2 atom stereocenters.